The lowest BCUT2D eigenvalue weighted by atomic mass is 10.0. The Kier molecular flexibility index (Phi) is 6.06. The number of methoxy groups -OCH3 is 1. The fraction of sp³-hybridized carbons (Fsp3) is 0.353. The van der Waals surface area contributed by atoms with Gasteiger partial charge in [-0.15, -0.1) is 0 Å². The van der Waals surface area contributed by atoms with Gasteiger partial charge in [-0.3, -0.25) is 14.6 Å². The third-order valence-corrected chi connectivity index (χ3v) is 9.93. The molecule has 0 unspecified atom stereocenters. The van der Waals surface area contributed by atoms with Crippen LogP contribution in [0.3, 0.4) is 0 Å². The first-order chi connectivity index (χ1) is 21.3. The molecule has 2 amide bonds. The van der Waals surface area contributed by atoms with E-state index in [1.54, 1.807) is 19.4 Å². The lowest BCUT2D eigenvalue weighted by Gasteiger charge is -2.27. The largest absolute Gasteiger partial charge is 0.494 e. The van der Waals surface area contributed by atoms with Crippen LogP contribution >= 0.6 is 0 Å². The SMILES string of the molecule is COc1cc(C(=O)N2C[C@H]3CC[C@@H]2[C@@H]3N)cc2nc(-c3cc4cccc(-c5ccc(C(N)=O)nc5)c4n3CC3CC3)n(C)c12. The molecule has 44 heavy (non-hydrogen) atoms. The molecular weight excluding hydrogens is 554 g/mol. The molecule has 10 heteroatoms. The predicted molar refractivity (Wildman–Crippen MR) is 168 cm³/mol. The molecule has 3 aromatic heterocycles. The van der Waals surface area contributed by atoms with Crippen molar-refractivity contribution in [2.45, 2.75) is 44.3 Å². The van der Waals surface area contributed by atoms with Crippen LogP contribution in [0.1, 0.15) is 46.5 Å². The van der Waals surface area contributed by atoms with Crippen LogP contribution in [0.15, 0.2) is 54.7 Å². The van der Waals surface area contributed by atoms with Gasteiger partial charge in [0, 0.05) is 60.5 Å². The summed E-state index contributed by atoms with van der Waals surface area (Å²) >= 11 is 0. The quantitative estimate of drug-likeness (QED) is 0.290. The van der Waals surface area contributed by atoms with E-state index in [0.717, 1.165) is 58.5 Å². The molecule has 3 aliphatic rings. The van der Waals surface area contributed by atoms with Crippen molar-refractivity contribution in [3.63, 3.8) is 0 Å². The second kappa shape index (κ2) is 9.92. The number of nitrogens with zero attached hydrogens (tertiary/aromatic N) is 5. The highest BCUT2D eigenvalue weighted by atomic mass is 16.5. The van der Waals surface area contributed by atoms with Crippen molar-refractivity contribution in [3.8, 4) is 28.4 Å². The number of rotatable bonds is 7. The number of carbonyl (C=O) groups excluding carboxylic acids is 2. The Bertz CT molecular complexity index is 1970. The minimum absolute atomic E-state index is 0.0106. The number of aromatic nitrogens is 4. The van der Waals surface area contributed by atoms with Crippen molar-refractivity contribution in [1.82, 2.24) is 24.0 Å². The summed E-state index contributed by atoms with van der Waals surface area (Å²) in [4.78, 5) is 36.8. The maximum atomic E-state index is 13.7. The molecule has 4 heterocycles. The lowest BCUT2D eigenvalue weighted by molar-refractivity contribution is 0.0700. The molecule has 1 saturated heterocycles. The number of aryl methyl sites for hydroxylation is 1. The van der Waals surface area contributed by atoms with E-state index in [2.05, 4.69) is 32.3 Å². The fourth-order valence-corrected chi connectivity index (χ4v) is 7.46. The maximum Gasteiger partial charge on any atom is 0.267 e. The summed E-state index contributed by atoms with van der Waals surface area (Å²) in [6, 6.07) is 15.9. The van der Waals surface area contributed by atoms with Gasteiger partial charge in [-0.2, -0.15) is 0 Å². The van der Waals surface area contributed by atoms with Crippen LogP contribution in [0.4, 0.5) is 0 Å². The smallest absolute Gasteiger partial charge is 0.267 e. The molecule has 2 aromatic carbocycles. The van der Waals surface area contributed by atoms with Crippen molar-refractivity contribution in [3.05, 3.63) is 66.0 Å². The first kappa shape index (κ1) is 26.9. The number of carbonyl (C=O) groups is 2. The number of hydrogen-bond donors (Lipinski definition) is 2. The van der Waals surface area contributed by atoms with Gasteiger partial charge in [-0.25, -0.2) is 4.98 Å². The number of para-hydroxylation sites is 1. The first-order valence-electron chi connectivity index (χ1n) is 15.3. The van der Waals surface area contributed by atoms with E-state index in [9.17, 15) is 9.59 Å². The number of likely N-dealkylation sites (tertiary alicyclic amines) is 1. The topological polar surface area (TPSA) is 134 Å². The average Bonchev–Trinajstić information content (AvgIpc) is 3.42. The van der Waals surface area contributed by atoms with E-state index in [1.165, 1.54) is 12.8 Å². The molecule has 0 radical (unpaired) electrons. The van der Waals surface area contributed by atoms with Crippen molar-refractivity contribution < 1.29 is 14.3 Å². The molecule has 8 rings (SSSR count). The highest BCUT2D eigenvalue weighted by molar-refractivity contribution is 6.02. The van der Waals surface area contributed by atoms with E-state index in [-0.39, 0.29) is 23.7 Å². The Labute approximate surface area is 254 Å². The summed E-state index contributed by atoms with van der Waals surface area (Å²) in [6.07, 6.45) is 6.15. The number of benzene rings is 2. The Balaban J connectivity index is 1.26. The molecule has 3 atom stereocenters. The van der Waals surface area contributed by atoms with Crippen LogP contribution in [0.2, 0.25) is 0 Å². The molecule has 0 spiro atoms. The van der Waals surface area contributed by atoms with Crippen LogP contribution in [-0.2, 0) is 13.6 Å². The molecule has 1 aliphatic heterocycles. The third kappa shape index (κ3) is 4.11. The van der Waals surface area contributed by atoms with Crippen LogP contribution < -0.4 is 16.2 Å². The second-order valence-electron chi connectivity index (χ2n) is 12.6. The zero-order chi connectivity index (χ0) is 30.3. The molecule has 2 aliphatic carbocycles. The molecule has 3 fully saturated rings. The Morgan fingerprint density at radius 2 is 1.89 bits per heavy atom. The number of pyridine rings is 1. The van der Waals surface area contributed by atoms with Crippen LogP contribution in [0, 0.1) is 11.8 Å². The van der Waals surface area contributed by atoms with Gasteiger partial charge in [-0.1, -0.05) is 24.3 Å². The van der Waals surface area contributed by atoms with Gasteiger partial charge in [0.25, 0.3) is 11.8 Å². The van der Waals surface area contributed by atoms with Crippen LogP contribution in [-0.4, -0.2) is 61.6 Å². The number of hydrogen-bond acceptors (Lipinski definition) is 6. The van der Waals surface area contributed by atoms with Gasteiger partial charge in [0.2, 0.25) is 0 Å². The van der Waals surface area contributed by atoms with E-state index in [4.69, 9.17) is 21.2 Å². The molecule has 2 saturated carbocycles. The average molecular weight is 590 g/mol. The standard InChI is InChI=1S/C34H35N7O3/c1-39-31-25(12-22(14-28(31)44-2)34(43)41-17-21-9-11-26(41)29(21)35)38-33(39)27-13-19-4-3-5-23(30(19)40(27)16-18-6-7-18)20-8-10-24(32(36)42)37-15-20/h3-5,8,10,12-15,18,21,26,29H,6-7,9,11,16-17,35H2,1-2H3,(H2,36,42)/t21-,26-,29-/m1/s1. The number of ether oxygens (including phenoxy) is 1. The molecule has 10 nitrogen and oxygen atoms in total. The Hall–Kier alpha value is -4.70. The molecular formula is C34H35N7O3. The number of piperidine rings is 1. The summed E-state index contributed by atoms with van der Waals surface area (Å²) < 4.78 is 10.3. The number of nitrogens with two attached hydrogens (primary N) is 2. The summed E-state index contributed by atoms with van der Waals surface area (Å²) in [5.74, 6) is 1.84. The minimum atomic E-state index is -0.549. The first-order valence-corrected chi connectivity index (χ1v) is 15.3. The zero-order valence-electron chi connectivity index (χ0n) is 24.9. The van der Waals surface area contributed by atoms with Crippen molar-refractivity contribution in [2.75, 3.05) is 13.7 Å². The normalized spacial score (nSPS) is 21.1. The Morgan fingerprint density at radius 1 is 1.05 bits per heavy atom. The minimum Gasteiger partial charge on any atom is -0.494 e. The third-order valence-electron chi connectivity index (χ3n) is 9.93. The number of primary amides is 1. The monoisotopic (exact) mass is 589 g/mol. The van der Waals surface area contributed by atoms with Crippen molar-refractivity contribution >= 4 is 33.8 Å². The Morgan fingerprint density at radius 3 is 2.55 bits per heavy atom. The number of fused-ring (bicyclic) bond motifs is 4. The van der Waals surface area contributed by atoms with E-state index in [1.807, 2.05) is 36.2 Å². The number of imidazole rings is 1. The van der Waals surface area contributed by atoms with Gasteiger partial charge in [0.05, 0.1) is 23.8 Å². The van der Waals surface area contributed by atoms with Gasteiger partial charge in [0.15, 0.2) is 5.82 Å². The highest BCUT2D eigenvalue weighted by Gasteiger charge is 2.47. The van der Waals surface area contributed by atoms with E-state index < -0.39 is 5.91 Å². The van der Waals surface area contributed by atoms with Gasteiger partial charge >= 0.3 is 0 Å². The van der Waals surface area contributed by atoms with Crippen molar-refractivity contribution in [1.29, 1.82) is 0 Å². The van der Waals surface area contributed by atoms with Gasteiger partial charge in [0.1, 0.15) is 17.0 Å². The summed E-state index contributed by atoms with van der Waals surface area (Å²) in [5.41, 5.74) is 18.3. The van der Waals surface area contributed by atoms with E-state index in [0.29, 0.717) is 35.2 Å². The molecule has 5 aromatic rings. The highest BCUT2D eigenvalue weighted by Crippen LogP contribution is 2.41. The fourth-order valence-electron chi connectivity index (χ4n) is 7.46. The van der Waals surface area contributed by atoms with Gasteiger partial charge in [-0.05, 0) is 61.8 Å². The maximum absolute atomic E-state index is 13.7. The van der Waals surface area contributed by atoms with Crippen molar-refractivity contribution in [2.24, 2.45) is 30.4 Å². The predicted octanol–water partition coefficient (Wildman–Crippen LogP) is 4.34. The number of amides is 2. The van der Waals surface area contributed by atoms with Gasteiger partial charge < -0.3 is 30.2 Å². The second-order valence-corrected chi connectivity index (χ2v) is 12.6. The van der Waals surface area contributed by atoms with Crippen LogP contribution in [0.5, 0.6) is 5.75 Å². The lowest BCUT2D eigenvalue weighted by Crippen LogP contribution is -2.41. The van der Waals surface area contributed by atoms with E-state index >= 15 is 0 Å². The zero-order valence-corrected chi connectivity index (χ0v) is 24.9. The van der Waals surface area contributed by atoms with Crippen LogP contribution in [0.25, 0.3) is 44.6 Å². The summed E-state index contributed by atoms with van der Waals surface area (Å²) in [5, 5.41) is 1.09. The molecule has 4 N–H and O–H groups in total. The summed E-state index contributed by atoms with van der Waals surface area (Å²) in [7, 11) is 3.64. The molecule has 224 valence electrons. The summed E-state index contributed by atoms with van der Waals surface area (Å²) in [6.45, 7) is 1.58. The molecule has 2 bridgehead atoms.